The minimum absolute atomic E-state index is 0.0673. The zero-order valence-electron chi connectivity index (χ0n) is 18.0. The van der Waals surface area contributed by atoms with Crippen LogP contribution in [0.2, 0.25) is 10.0 Å². The van der Waals surface area contributed by atoms with E-state index in [0.29, 0.717) is 18.1 Å². The Morgan fingerprint density at radius 1 is 1.29 bits per heavy atom. The predicted molar refractivity (Wildman–Crippen MR) is 118 cm³/mol. The van der Waals surface area contributed by atoms with E-state index < -0.39 is 24.4 Å². The molecule has 3 N–H and O–H groups in total. The van der Waals surface area contributed by atoms with Gasteiger partial charge in [-0.25, -0.2) is 4.79 Å². The molecule has 0 spiro atoms. The Morgan fingerprint density at radius 3 is 2.68 bits per heavy atom. The van der Waals surface area contributed by atoms with Crippen molar-refractivity contribution in [2.75, 3.05) is 13.2 Å². The fourth-order valence-electron chi connectivity index (χ4n) is 4.64. The fraction of sp³-hybridized carbons (Fsp3) is 0.550. The van der Waals surface area contributed by atoms with Crippen LogP contribution in [0.1, 0.15) is 44.5 Å². The molecule has 0 bridgehead atoms. The summed E-state index contributed by atoms with van der Waals surface area (Å²) >= 11 is 12.0. The summed E-state index contributed by atoms with van der Waals surface area (Å²) in [6.07, 6.45) is 0.566. The van der Waals surface area contributed by atoms with Gasteiger partial charge in [-0.1, -0.05) is 43.5 Å². The lowest BCUT2D eigenvalue weighted by Crippen LogP contribution is -3.26. The fourth-order valence-corrected chi connectivity index (χ4v) is 5.01. The molecule has 2 aliphatic heterocycles. The minimum atomic E-state index is -2.09. The molecule has 11 heteroatoms. The number of carbonyl (C=O) groups is 3. The first-order chi connectivity index (χ1) is 14.5. The number of hydrogen-bond acceptors (Lipinski definition) is 5. The van der Waals surface area contributed by atoms with Crippen molar-refractivity contribution < 1.29 is 28.5 Å². The van der Waals surface area contributed by atoms with Gasteiger partial charge >= 0.3 is 12.7 Å². The highest BCUT2D eigenvalue weighted by Crippen LogP contribution is 2.24. The molecule has 0 radical (unpaired) electrons. The largest absolute Gasteiger partial charge is 0.609 e. The molecule has 2 amide bonds. The van der Waals surface area contributed by atoms with Gasteiger partial charge in [-0.05, 0) is 38.0 Å². The molecular formula is C20H28BCl2N3O5. The van der Waals surface area contributed by atoms with E-state index in [1.165, 1.54) is 12.1 Å². The summed E-state index contributed by atoms with van der Waals surface area (Å²) in [6, 6.07) is 4.23. The summed E-state index contributed by atoms with van der Waals surface area (Å²) < 4.78 is 11.8. The van der Waals surface area contributed by atoms with Crippen LogP contribution in [-0.2, 0) is 18.9 Å². The molecule has 1 aromatic rings. The lowest BCUT2D eigenvalue weighted by Gasteiger charge is -2.40. The molecule has 31 heavy (non-hydrogen) atoms. The Labute approximate surface area is 191 Å². The van der Waals surface area contributed by atoms with Crippen LogP contribution < -0.4 is 15.4 Å². The van der Waals surface area contributed by atoms with E-state index in [4.69, 9.17) is 32.5 Å². The van der Waals surface area contributed by atoms with Gasteiger partial charge in [-0.3, -0.25) is 9.59 Å². The molecule has 1 aromatic carbocycles. The van der Waals surface area contributed by atoms with Crippen LogP contribution >= 0.6 is 23.2 Å². The highest BCUT2D eigenvalue weighted by Gasteiger charge is 2.64. The second kappa shape index (κ2) is 9.36. The number of benzene rings is 1. The minimum Gasteiger partial charge on any atom is -0.609 e. The molecule has 2 heterocycles. The molecule has 8 nitrogen and oxygen atoms in total. The van der Waals surface area contributed by atoms with Crippen LogP contribution in [0.15, 0.2) is 18.2 Å². The maximum Gasteiger partial charge on any atom is 0.548 e. The molecule has 2 aliphatic rings. The molecule has 0 aromatic heterocycles. The summed E-state index contributed by atoms with van der Waals surface area (Å²) in [5, 5.41) is 6.10. The number of amides is 2. The zero-order valence-corrected chi connectivity index (χ0v) is 19.5. The SMILES string of the molecule is CC(C)C[C@H](NC(=O)CNC(=O)c1cc(Cl)ccc1Cl)[B-]12OC[C@H](C)[NH+]1[C@H](C)C(=O)O2. The first kappa shape index (κ1) is 23.8. The van der Waals surface area contributed by atoms with E-state index in [1.807, 2.05) is 27.7 Å². The molecular weight excluding hydrogens is 444 g/mol. The lowest BCUT2D eigenvalue weighted by atomic mass is 9.59. The van der Waals surface area contributed by atoms with Crippen molar-refractivity contribution in [3.63, 3.8) is 0 Å². The van der Waals surface area contributed by atoms with E-state index in [2.05, 4.69) is 10.6 Å². The van der Waals surface area contributed by atoms with E-state index in [0.717, 1.165) is 4.81 Å². The van der Waals surface area contributed by atoms with Crippen molar-refractivity contribution in [2.24, 2.45) is 5.92 Å². The Hall–Kier alpha value is -1.81. The monoisotopic (exact) mass is 471 g/mol. The Bertz CT molecular complexity index is 886. The van der Waals surface area contributed by atoms with Crippen molar-refractivity contribution in [3.8, 4) is 0 Å². The normalized spacial score (nSPS) is 28.2. The van der Waals surface area contributed by atoms with E-state index in [9.17, 15) is 14.4 Å². The average molecular weight is 472 g/mol. The van der Waals surface area contributed by atoms with Crippen LogP contribution in [-0.4, -0.2) is 55.6 Å². The number of rotatable bonds is 7. The van der Waals surface area contributed by atoms with Crippen molar-refractivity contribution >= 4 is 47.7 Å². The smallest absolute Gasteiger partial charge is 0.548 e. The second-order valence-electron chi connectivity index (χ2n) is 8.77. The zero-order chi connectivity index (χ0) is 22.9. The molecule has 2 unspecified atom stereocenters. The molecule has 2 saturated heterocycles. The van der Waals surface area contributed by atoms with Gasteiger partial charge in [-0.2, -0.15) is 0 Å². The van der Waals surface area contributed by atoms with Crippen molar-refractivity contribution in [2.45, 2.75) is 52.1 Å². The number of carbonyl (C=O) groups excluding carboxylic acids is 3. The Kier molecular flexibility index (Phi) is 7.20. The second-order valence-corrected chi connectivity index (χ2v) is 9.62. The van der Waals surface area contributed by atoms with Crippen molar-refractivity contribution in [1.82, 2.24) is 10.6 Å². The third kappa shape index (κ3) is 4.84. The third-order valence-electron chi connectivity index (χ3n) is 5.96. The Balaban J connectivity index is 1.71. The number of hydrogen-bond donors (Lipinski definition) is 3. The molecule has 170 valence electrons. The van der Waals surface area contributed by atoms with Crippen LogP contribution in [0.3, 0.4) is 0 Å². The quantitative estimate of drug-likeness (QED) is 0.515. The van der Waals surface area contributed by atoms with Gasteiger partial charge in [-0.15, -0.1) is 0 Å². The molecule has 5 atom stereocenters. The molecule has 0 saturated carbocycles. The standard InChI is InChI=1S/C20H28BCl2N3O5/c1-11(2)7-17(21-26(12(3)10-30-21)13(4)20(29)31-21)25-18(27)9-24-19(28)15-8-14(22)5-6-16(15)23/h5-6,8,11-13,17,26H,7,9-10H2,1-4H3,(H,24,28)(H,25,27)/t12-,13+,17-,21?/m0/s1. The topological polar surface area (TPSA) is 98.2 Å². The average Bonchev–Trinajstić information content (AvgIpc) is 3.16. The number of halogens is 2. The molecule has 3 rings (SSSR count). The van der Waals surface area contributed by atoms with Gasteiger partial charge in [0.25, 0.3) is 5.91 Å². The first-order valence-electron chi connectivity index (χ1n) is 10.5. The lowest BCUT2D eigenvalue weighted by molar-refractivity contribution is -0.831. The summed E-state index contributed by atoms with van der Waals surface area (Å²) in [6.45, 7) is 5.95. The van der Waals surface area contributed by atoms with Crippen LogP contribution in [0.5, 0.6) is 0 Å². The molecule has 2 fully saturated rings. The number of fused-ring (bicyclic) bond motifs is 1. The first-order valence-corrected chi connectivity index (χ1v) is 11.2. The summed E-state index contributed by atoms with van der Waals surface area (Å²) in [5.41, 5.74) is 0.186. The van der Waals surface area contributed by atoms with E-state index in [-0.39, 0.29) is 41.1 Å². The highest BCUT2D eigenvalue weighted by atomic mass is 35.5. The van der Waals surface area contributed by atoms with Gasteiger partial charge in [0, 0.05) is 11.0 Å². The Morgan fingerprint density at radius 2 is 2.00 bits per heavy atom. The maximum atomic E-state index is 12.7. The van der Waals surface area contributed by atoms with Crippen LogP contribution in [0, 0.1) is 5.92 Å². The van der Waals surface area contributed by atoms with Crippen molar-refractivity contribution in [3.05, 3.63) is 33.8 Å². The molecule has 0 aliphatic carbocycles. The van der Waals surface area contributed by atoms with Crippen molar-refractivity contribution in [1.29, 1.82) is 0 Å². The van der Waals surface area contributed by atoms with Crippen LogP contribution in [0.25, 0.3) is 0 Å². The van der Waals surface area contributed by atoms with E-state index >= 15 is 0 Å². The van der Waals surface area contributed by atoms with Crippen LogP contribution in [0.4, 0.5) is 0 Å². The van der Waals surface area contributed by atoms with Gasteiger partial charge in [0.15, 0.2) is 0 Å². The summed E-state index contributed by atoms with van der Waals surface area (Å²) in [4.78, 5) is 38.4. The maximum absolute atomic E-state index is 12.7. The van der Waals surface area contributed by atoms with Gasteiger partial charge < -0.3 is 24.8 Å². The van der Waals surface area contributed by atoms with Gasteiger partial charge in [0.1, 0.15) is 6.04 Å². The number of quaternary nitrogens is 1. The highest BCUT2D eigenvalue weighted by molar-refractivity contribution is 6.64. The third-order valence-corrected chi connectivity index (χ3v) is 6.52. The van der Waals surface area contributed by atoms with Gasteiger partial charge in [0.2, 0.25) is 5.91 Å². The number of nitrogens with one attached hydrogen (secondary N) is 3. The predicted octanol–water partition coefficient (Wildman–Crippen LogP) is 0.981. The van der Waals surface area contributed by atoms with E-state index in [1.54, 1.807) is 6.07 Å². The summed E-state index contributed by atoms with van der Waals surface area (Å²) in [5.74, 6) is -1.53. The summed E-state index contributed by atoms with van der Waals surface area (Å²) in [7, 11) is 0. The van der Waals surface area contributed by atoms with Gasteiger partial charge in [0.05, 0.1) is 29.8 Å².